The van der Waals surface area contributed by atoms with Crippen molar-refractivity contribution in [2.45, 2.75) is 55.9 Å². The van der Waals surface area contributed by atoms with E-state index in [1.807, 2.05) is 0 Å². The number of likely N-dealkylation sites (tertiary alicyclic amines) is 1. The fourth-order valence-electron chi connectivity index (χ4n) is 4.86. The number of hydrogen-bond donors (Lipinski definition) is 3. The predicted molar refractivity (Wildman–Crippen MR) is 134 cm³/mol. The minimum absolute atomic E-state index is 0.00296. The van der Waals surface area contributed by atoms with Gasteiger partial charge in [-0.15, -0.1) is 11.8 Å². The van der Waals surface area contributed by atoms with Gasteiger partial charge in [0.05, 0.1) is 18.3 Å². The van der Waals surface area contributed by atoms with Crippen LogP contribution in [0.1, 0.15) is 34.8 Å². The lowest BCUT2D eigenvalue weighted by Crippen LogP contribution is -2.74. The van der Waals surface area contributed by atoms with Crippen LogP contribution < -0.4 is 5.32 Å². The summed E-state index contributed by atoms with van der Waals surface area (Å²) in [5, 5.41) is 23.8. The van der Waals surface area contributed by atoms with Gasteiger partial charge >= 0.3 is 6.18 Å². The van der Waals surface area contributed by atoms with E-state index in [-0.39, 0.29) is 23.6 Å². The van der Waals surface area contributed by atoms with E-state index in [0.29, 0.717) is 5.56 Å². The first-order chi connectivity index (χ1) is 17.8. The lowest BCUT2D eigenvalue weighted by Gasteiger charge is -2.52. The van der Waals surface area contributed by atoms with Gasteiger partial charge in [-0.25, -0.2) is 0 Å². The Balaban J connectivity index is 1.53. The topological polar surface area (TPSA) is 110 Å². The average Bonchev–Trinajstić information content (AvgIpc) is 3.17. The van der Waals surface area contributed by atoms with Gasteiger partial charge in [0.1, 0.15) is 16.7 Å². The van der Waals surface area contributed by atoms with Crippen LogP contribution in [0, 0.1) is 6.92 Å². The molecule has 0 aliphatic carbocycles. The SMILES string of the molecule is Cc1c(O)cccc1C(=O)N[C@@H](Cc1ccccc1)[C@H](O)C(=O)N1CSC2(C)[C@H]1C(=O)N2CCC(F)(F)F. The van der Waals surface area contributed by atoms with Crippen molar-refractivity contribution in [1.82, 2.24) is 15.1 Å². The number of fused-ring (bicyclic) bond motifs is 1. The van der Waals surface area contributed by atoms with Crippen LogP contribution in [0.15, 0.2) is 48.5 Å². The smallest absolute Gasteiger partial charge is 0.390 e. The molecule has 0 saturated carbocycles. The van der Waals surface area contributed by atoms with Crippen LogP contribution in [0.4, 0.5) is 13.2 Å². The highest BCUT2D eigenvalue weighted by Gasteiger charge is 2.65. The summed E-state index contributed by atoms with van der Waals surface area (Å²) in [4.78, 5) is 40.5. The Hall–Kier alpha value is -3.25. The van der Waals surface area contributed by atoms with Crippen molar-refractivity contribution in [1.29, 1.82) is 0 Å². The maximum atomic E-state index is 13.4. The number of thioether (sulfide) groups is 1. The van der Waals surface area contributed by atoms with E-state index in [0.717, 1.165) is 22.2 Å². The molecule has 2 aliphatic heterocycles. The van der Waals surface area contributed by atoms with Crippen LogP contribution in [-0.2, 0) is 16.0 Å². The van der Waals surface area contributed by atoms with E-state index in [1.54, 1.807) is 44.2 Å². The number of aliphatic hydroxyl groups excluding tert-OH is 1. The Kier molecular flexibility index (Phi) is 7.67. The molecular formula is C26H28F3N3O5S. The monoisotopic (exact) mass is 551 g/mol. The largest absolute Gasteiger partial charge is 0.508 e. The third-order valence-corrected chi connectivity index (χ3v) is 8.49. The molecule has 3 N–H and O–H groups in total. The first-order valence-electron chi connectivity index (χ1n) is 12.0. The quantitative estimate of drug-likeness (QED) is 0.436. The van der Waals surface area contributed by atoms with Gasteiger partial charge < -0.3 is 25.3 Å². The number of benzene rings is 2. The summed E-state index contributed by atoms with van der Waals surface area (Å²) in [6.07, 6.45) is -7.23. The van der Waals surface area contributed by atoms with Crippen LogP contribution in [0.5, 0.6) is 5.75 Å². The third-order valence-electron chi connectivity index (χ3n) is 7.05. The van der Waals surface area contributed by atoms with Gasteiger partial charge in [-0.2, -0.15) is 13.2 Å². The van der Waals surface area contributed by atoms with Gasteiger partial charge in [0.2, 0.25) is 5.91 Å². The summed E-state index contributed by atoms with van der Waals surface area (Å²) in [7, 11) is 0. The van der Waals surface area contributed by atoms with Gasteiger partial charge in [0.15, 0.2) is 6.10 Å². The molecule has 12 heteroatoms. The molecule has 8 nitrogen and oxygen atoms in total. The number of β-lactam (4-membered cyclic amide) rings is 1. The number of carbonyl (C=O) groups is 3. The molecular weight excluding hydrogens is 523 g/mol. The second-order valence-electron chi connectivity index (χ2n) is 9.56. The van der Waals surface area contributed by atoms with E-state index >= 15 is 0 Å². The zero-order valence-corrected chi connectivity index (χ0v) is 21.6. The van der Waals surface area contributed by atoms with Crippen molar-refractivity contribution < 1.29 is 37.8 Å². The van der Waals surface area contributed by atoms with E-state index in [4.69, 9.17) is 0 Å². The van der Waals surface area contributed by atoms with E-state index < -0.39 is 59.9 Å². The van der Waals surface area contributed by atoms with E-state index in [1.165, 1.54) is 23.1 Å². The molecule has 2 heterocycles. The lowest BCUT2D eigenvalue weighted by molar-refractivity contribution is -0.174. The van der Waals surface area contributed by atoms with Crippen molar-refractivity contribution in [2.24, 2.45) is 0 Å². The standard InChI is InChI=1S/C26H28F3N3O5S/c1-15-17(9-6-10-19(15)33)22(35)30-18(13-16-7-4-3-5-8-16)20(34)23(36)31-14-38-25(2)21(31)24(37)32(25)12-11-26(27,28)29/h3-10,18,20-21,33-34H,11-14H2,1-2H3,(H,30,35)/t18-,20-,21+,25?/m0/s1. The molecule has 1 unspecified atom stereocenters. The Morgan fingerprint density at radius 2 is 1.87 bits per heavy atom. The van der Waals surface area contributed by atoms with Crippen molar-refractivity contribution in [3.8, 4) is 5.75 Å². The molecule has 2 saturated heterocycles. The summed E-state index contributed by atoms with van der Waals surface area (Å²) >= 11 is 1.16. The number of carbonyl (C=O) groups excluding carboxylic acids is 3. The number of hydrogen-bond acceptors (Lipinski definition) is 6. The minimum Gasteiger partial charge on any atom is -0.508 e. The van der Waals surface area contributed by atoms with Crippen molar-refractivity contribution in [3.63, 3.8) is 0 Å². The van der Waals surface area contributed by atoms with Crippen molar-refractivity contribution in [2.75, 3.05) is 12.4 Å². The number of nitrogens with zero attached hydrogens (tertiary/aromatic N) is 2. The molecule has 0 radical (unpaired) electrons. The molecule has 4 rings (SSSR count). The predicted octanol–water partition coefficient (Wildman–Crippen LogP) is 2.81. The first-order valence-corrected chi connectivity index (χ1v) is 13.0. The van der Waals surface area contributed by atoms with Crippen LogP contribution in [-0.4, -0.2) is 79.4 Å². The molecule has 3 amide bonds. The molecule has 38 heavy (non-hydrogen) atoms. The zero-order chi connectivity index (χ0) is 27.8. The molecule has 0 aromatic heterocycles. The highest BCUT2D eigenvalue weighted by molar-refractivity contribution is 8.01. The normalized spacial score (nSPS) is 22.5. The van der Waals surface area contributed by atoms with Crippen LogP contribution in [0.2, 0.25) is 0 Å². The van der Waals surface area contributed by atoms with E-state index in [9.17, 15) is 37.8 Å². The zero-order valence-electron chi connectivity index (χ0n) is 20.7. The summed E-state index contributed by atoms with van der Waals surface area (Å²) < 4.78 is 38.2. The number of nitrogens with one attached hydrogen (secondary N) is 1. The number of halogens is 3. The number of phenolic OH excluding ortho intramolecular Hbond substituents is 1. The second-order valence-corrected chi connectivity index (χ2v) is 10.9. The number of rotatable bonds is 8. The van der Waals surface area contributed by atoms with Gasteiger partial charge in [-0.05, 0) is 38.0 Å². The van der Waals surface area contributed by atoms with Crippen molar-refractivity contribution in [3.05, 3.63) is 65.2 Å². The number of aromatic hydroxyl groups is 1. The van der Waals surface area contributed by atoms with Gasteiger partial charge in [-0.3, -0.25) is 14.4 Å². The molecule has 0 spiro atoms. The fourth-order valence-corrected chi connectivity index (χ4v) is 6.26. The highest BCUT2D eigenvalue weighted by Crippen LogP contribution is 2.51. The number of phenols is 1. The molecule has 2 aliphatic rings. The molecule has 2 aromatic rings. The van der Waals surface area contributed by atoms with Crippen molar-refractivity contribution >= 4 is 29.5 Å². The van der Waals surface area contributed by atoms with Gasteiger partial charge in [0, 0.05) is 17.7 Å². The Morgan fingerprint density at radius 1 is 1.18 bits per heavy atom. The maximum Gasteiger partial charge on any atom is 0.390 e. The second kappa shape index (κ2) is 10.5. The Bertz CT molecular complexity index is 1230. The number of amides is 3. The maximum absolute atomic E-state index is 13.4. The summed E-state index contributed by atoms with van der Waals surface area (Å²) in [6.45, 7) is 2.66. The number of alkyl halides is 3. The highest BCUT2D eigenvalue weighted by atomic mass is 32.2. The van der Waals surface area contributed by atoms with Crippen LogP contribution >= 0.6 is 11.8 Å². The fraction of sp³-hybridized carbons (Fsp3) is 0.423. The molecule has 2 aromatic carbocycles. The van der Waals surface area contributed by atoms with Crippen LogP contribution in [0.3, 0.4) is 0 Å². The average molecular weight is 552 g/mol. The summed E-state index contributed by atoms with van der Waals surface area (Å²) in [5.74, 6) is -2.10. The summed E-state index contributed by atoms with van der Waals surface area (Å²) in [6, 6.07) is 11.2. The Morgan fingerprint density at radius 3 is 2.53 bits per heavy atom. The van der Waals surface area contributed by atoms with Crippen LogP contribution in [0.25, 0.3) is 0 Å². The minimum atomic E-state index is -4.42. The number of aliphatic hydroxyl groups is 1. The summed E-state index contributed by atoms with van der Waals surface area (Å²) in [5.41, 5.74) is 1.23. The molecule has 0 bridgehead atoms. The third kappa shape index (κ3) is 5.32. The lowest BCUT2D eigenvalue weighted by atomic mass is 9.92. The Labute approximate surface area is 221 Å². The molecule has 204 valence electrons. The van der Waals surface area contributed by atoms with Gasteiger partial charge in [0.25, 0.3) is 11.8 Å². The molecule has 4 atom stereocenters. The van der Waals surface area contributed by atoms with E-state index in [2.05, 4.69) is 5.32 Å². The first kappa shape index (κ1) is 27.8. The van der Waals surface area contributed by atoms with Gasteiger partial charge in [-0.1, -0.05) is 36.4 Å². The molecule has 2 fully saturated rings.